The number of carbonyl (C=O) groups is 2. The fourth-order valence-corrected chi connectivity index (χ4v) is 4.42. The van der Waals surface area contributed by atoms with E-state index in [1.54, 1.807) is 13.2 Å². The smallest absolute Gasteiger partial charge is 0.235 e. The van der Waals surface area contributed by atoms with Crippen LogP contribution in [0.4, 0.5) is 5.82 Å². The number of ether oxygens (including phenoxy) is 1. The SMILES string of the molecule is COc1ccccc1[C@H]1C2=C(CCCC2=O)N=C(C)C1C(=O)Nc1cccc(C)n1. The number of allylic oxidation sites excluding steroid dienone is 2. The summed E-state index contributed by atoms with van der Waals surface area (Å²) in [5.74, 6) is -0.0732. The molecule has 2 heterocycles. The average Bonchev–Trinajstić information content (AvgIpc) is 2.72. The number of rotatable bonds is 4. The lowest BCUT2D eigenvalue weighted by Crippen LogP contribution is -2.39. The van der Waals surface area contributed by atoms with Crippen molar-refractivity contribution in [3.05, 3.63) is 65.0 Å². The van der Waals surface area contributed by atoms with Gasteiger partial charge in [-0.15, -0.1) is 0 Å². The van der Waals surface area contributed by atoms with Gasteiger partial charge in [0.1, 0.15) is 11.6 Å². The first-order chi connectivity index (χ1) is 14.5. The molecule has 4 rings (SSSR count). The zero-order valence-electron chi connectivity index (χ0n) is 17.4. The van der Waals surface area contributed by atoms with Crippen LogP contribution in [0.2, 0.25) is 0 Å². The Balaban J connectivity index is 1.81. The van der Waals surface area contributed by atoms with Crippen molar-refractivity contribution in [2.45, 2.75) is 39.0 Å². The van der Waals surface area contributed by atoms with Crippen molar-refractivity contribution in [1.29, 1.82) is 0 Å². The maximum absolute atomic E-state index is 13.4. The Morgan fingerprint density at radius 3 is 2.67 bits per heavy atom. The molecule has 0 saturated carbocycles. The summed E-state index contributed by atoms with van der Waals surface area (Å²) in [4.78, 5) is 35.5. The number of nitrogens with one attached hydrogen (secondary N) is 1. The van der Waals surface area contributed by atoms with Gasteiger partial charge in [0.2, 0.25) is 5.91 Å². The number of amides is 1. The Kier molecular flexibility index (Phi) is 5.48. The van der Waals surface area contributed by atoms with Crippen LogP contribution in [0.1, 0.15) is 43.4 Å². The standard InChI is InChI=1S/C24H25N3O3/c1-14-8-6-13-20(25-14)27-24(29)21-15(2)26-17-10-7-11-18(28)23(17)22(21)16-9-4-5-12-19(16)30-3/h4-6,8-9,12-13,21-22H,7,10-11H2,1-3H3,(H,25,27,29)/t21?,22-/m1/s1. The molecule has 1 N–H and O–H groups in total. The van der Waals surface area contributed by atoms with E-state index in [9.17, 15) is 9.59 Å². The minimum atomic E-state index is -0.621. The fourth-order valence-electron chi connectivity index (χ4n) is 4.42. The summed E-state index contributed by atoms with van der Waals surface area (Å²) in [6.45, 7) is 3.73. The van der Waals surface area contributed by atoms with Gasteiger partial charge in [0.15, 0.2) is 5.78 Å². The molecule has 0 saturated heterocycles. The van der Waals surface area contributed by atoms with Crippen LogP contribution in [-0.4, -0.2) is 29.5 Å². The van der Waals surface area contributed by atoms with Gasteiger partial charge in [0.05, 0.1) is 13.0 Å². The van der Waals surface area contributed by atoms with E-state index in [0.29, 0.717) is 29.3 Å². The fraction of sp³-hybridized carbons (Fsp3) is 0.333. The third-order valence-corrected chi connectivity index (χ3v) is 5.73. The average molecular weight is 403 g/mol. The Morgan fingerprint density at radius 2 is 1.90 bits per heavy atom. The number of ketones is 1. The van der Waals surface area contributed by atoms with Crippen molar-refractivity contribution in [2.24, 2.45) is 10.9 Å². The monoisotopic (exact) mass is 403 g/mol. The molecule has 0 fully saturated rings. The maximum Gasteiger partial charge on any atom is 0.235 e. The molecule has 2 aromatic rings. The van der Waals surface area contributed by atoms with Gasteiger partial charge in [-0.05, 0) is 44.9 Å². The first kappa shape index (κ1) is 20.0. The highest BCUT2D eigenvalue weighted by Gasteiger charge is 2.43. The highest BCUT2D eigenvalue weighted by molar-refractivity contribution is 6.13. The van der Waals surface area contributed by atoms with Crippen LogP contribution in [0.3, 0.4) is 0 Å². The molecule has 2 atom stereocenters. The van der Waals surface area contributed by atoms with E-state index in [0.717, 1.165) is 29.8 Å². The Hall–Kier alpha value is -3.28. The van der Waals surface area contributed by atoms with E-state index >= 15 is 0 Å². The molecule has 6 heteroatoms. The lowest BCUT2D eigenvalue weighted by Gasteiger charge is -2.35. The molecule has 1 aromatic carbocycles. The number of Topliss-reactive ketones (excluding diaryl/α,β-unsaturated/α-hetero) is 1. The van der Waals surface area contributed by atoms with E-state index in [4.69, 9.17) is 9.73 Å². The third-order valence-electron chi connectivity index (χ3n) is 5.73. The van der Waals surface area contributed by atoms with Crippen molar-refractivity contribution >= 4 is 23.2 Å². The molecule has 1 amide bonds. The van der Waals surface area contributed by atoms with Crippen LogP contribution < -0.4 is 10.1 Å². The second kappa shape index (κ2) is 8.22. The molecular formula is C24H25N3O3. The normalized spacial score (nSPS) is 21.0. The van der Waals surface area contributed by atoms with E-state index in [-0.39, 0.29) is 11.7 Å². The highest BCUT2D eigenvalue weighted by Crippen LogP contribution is 2.45. The highest BCUT2D eigenvalue weighted by atomic mass is 16.5. The molecule has 6 nitrogen and oxygen atoms in total. The number of aromatic nitrogens is 1. The van der Waals surface area contributed by atoms with Crippen molar-refractivity contribution in [3.63, 3.8) is 0 Å². The van der Waals surface area contributed by atoms with Gasteiger partial charge in [0, 0.05) is 40.6 Å². The van der Waals surface area contributed by atoms with Crippen molar-refractivity contribution in [1.82, 2.24) is 4.98 Å². The van der Waals surface area contributed by atoms with E-state index in [1.807, 2.05) is 50.2 Å². The predicted octanol–water partition coefficient (Wildman–Crippen LogP) is 4.22. The summed E-state index contributed by atoms with van der Waals surface area (Å²) in [5.41, 5.74) is 3.79. The first-order valence-corrected chi connectivity index (χ1v) is 10.2. The second-order valence-corrected chi connectivity index (χ2v) is 7.74. The summed E-state index contributed by atoms with van der Waals surface area (Å²) in [6.07, 6.45) is 2.02. The van der Waals surface area contributed by atoms with Crippen LogP contribution in [-0.2, 0) is 9.59 Å². The lowest BCUT2D eigenvalue weighted by molar-refractivity contribution is -0.119. The van der Waals surface area contributed by atoms with Gasteiger partial charge in [-0.25, -0.2) is 4.98 Å². The minimum Gasteiger partial charge on any atom is -0.496 e. The van der Waals surface area contributed by atoms with Crippen LogP contribution in [0, 0.1) is 12.8 Å². The van der Waals surface area contributed by atoms with Crippen molar-refractivity contribution in [2.75, 3.05) is 12.4 Å². The van der Waals surface area contributed by atoms with Crippen LogP contribution in [0.25, 0.3) is 0 Å². The molecular weight excluding hydrogens is 378 g/mol. The topological polar surface area (TPSA) is 80.6 Å². The largest absolute Gasteiger partial charge is 0.496 e. The summed E-state index contributed by atoms with van der Waals surface area (Å²) < 4.78 is 5.59. The number of benzene rings is 1. The third kappa shape index (κ3) is 3.65. The molecule has 0 bridgehead atoms. The first-order valence-electron chi connectivity index (χ1n) is 10.2. The zero-order chi connectivity index (χ0) is 21.3. The molecule has 30 heavy (non-hydrogen) atoms. The Bertz CT molecular complexity index is 1070. The summed E-state index contributed by atoms with van der Waals surface area (Å²) >= 11 is 0. The number of anilines is 1. The van der Waals surface area contributed by atoms with Crippen molar-refractivity contribution < 1.29 is 14.3 Å². The minimum absolute atomic E-state index is 0.0647. The second-order valence-electron chi connectivity index (χ2n) is 7.74. The summed E-state index contributed by atoms with van der Waals surface area (Å²) in [7, 11) is 1.60. The van der Waals surface area contributed by atoms with Crippen LogP contribution in [0.15, 0.2) is 58.7 Å². The van der Waals surface area contributed by atoms with Crippen LogP contribution in [0.5, 0.6) is 5.75 Å². The molecule has 1 unspecified atom stereocenters. The Labute approximate surface area is 176 Å². The van der Waals surface area contributed by atoms with E-state index in [1.165, 1.54) is 0 Å². The number of methoxy groups -OCH3 is 1. The maximum atomic E-state index is 13.4. The molecule has 1 aliphatic carbocycles. The molecule has 0 spiro atoms. The predicted molar refractivity (Wildman–Crippen MR) is 116 cm³/mol. The van der Waals surface area contributed by atoms with Gasteiger partial charge in [0.25, 0.3) is 0 Å². The molecule has 0 radical (unpaired) electrons. The van der Waals surface area contributed by atoms with Gasteiger partial charge in [-0.3, -0.25) is 14.6 Å². The Morgan fingerprint density at radius 1 is 1.10 bits per heavy atom. The quantitative estimate of drug-likeness (QED) is 0.829. The number of aliphatic imine (C=N–C) groups is 1. The van der Waals surface area contributed by atoms with Crippen LogP contribution >= 0.6 is 0 Å². The van der Waals surface area contributed by atoms with E-state index < -0.39 is 11.8 Å². The number of carbonyl (C=O) groups excluding carboxylic acids is 2. The number of aryl methyl sites for hydroxylation is 1. The van der Waals surface area contributed by atoms with E-state index in [2.05, 4.69) is 10.3 Å². The molecule has 1 aromatic heterocycles. The van der Waals surface area contributed by atoms with Gasteiger partial charge in [-0.1, -0.05) is 24.3 Å². The van der Waals surface area contributed by atoms with Gasteiger partial charge in [-0.2, -0.15) is 0 Å². The molecule has 154 valence electrons. The van der Waals surface area contributed by atoms with Crippen molar-refractivity contribution in [3.8, 4) is 5.75 Å². The molecule has 1 aliphatic heterocycles. The zero-order valence-corrected chi connectivity index (χ0v) is 17.4. The number of hydrogen-bond acceptors (Lipinski definition) is 5. The van der Waals surface area contributed by atoms with Gasteiger partial charge < -0.3 is 10.1 Å². The number of nitrogens with zero attached hydrogens (tertiary/aromatic N) is 2. The molecule has 2 aliphatic rings. The lowest BCUT2D eigenvalue weighted by atomic mass is 9.71. The number of para-hydroxylation sites is 1. The number of hydrogen-bond donors (Lipinski definition) is 1. The summed E-state index contributed by atoms with van der Waals surface area (Å²) in [5, 5.41) is 2.92. The summed E-state index contributed by atoms with van der Waals surface area (Å²) in [6, 6.07) is 13.1. The number of pyridine rings is 1. The van der Waals surface area contributed by atoms with Gasteiger partial charge >= 0.3 is 0 Å².